The quantitative estimate of drug-likeness (QED) is 0.624. The zero-order valence-electron chi connectivity index (χ0n) is 10.0. The summed E-state index contributed by atoms with van der Waals surface area (Å²) in [6.45, 7) is 0.0383. The van der Waals surface area contributed by atoms with Gasteiger partial charge in [-0.3, -0.25) is 4.79 Å². The topological polar surface area (TPSA) is 49.3 Å². The Bertz CT molecular complexity index is 406. The summed E-state index contributed by atoms with van der Waals surface area (Å²) >= 11 is -0.195. The van der Waals surface area contributed by atoms with Crippen LogP contribution in [0.5, 0.6) is 0 Å². The van der Waals surface area contributed by atoms with Crippen molar-refractivity contribution in [3.63, 3.8) is 0 Å². The molecule has 19 heavy (non-hydrogen) atoms. The SMILES string of the molecule is O=C(CCCCO)Nc1ccc(SC(F)(F)F)cc1. The Hall–Kier alpha value is -1.21. The zero-order chi connectivity index (χ0) is 14.3. The van der Waals surface area contributed by atoms with Crippen molar-refractivity contribution in [3.8, 4) is 0 Å². The molecule has 0 radical (unpaired) electrons. The van der Waals surface area contributed by atoms with Crippen LogP contribution in [-0.2, 0) is 4.79 Å². The van der Waals surface area contributed by atoms with Gasteiger partial charge in [-0.2, -0.15) is 13.2 Å². The van der Waals surface area contributed by atoms with E-state index in [9.17, 15) is 18.0 Å². The number of benzene rings is 1. The lowest BCUT2D eigenvalue weighted by atomic mass is 10.2. The summed E-state index contributed by atoms with van der Waals surface area (Å²) in [6, 6.07) is 5.47. The molecule has 0 saturated heterocycles. The molecule has 0 aromatic heterocycles. The number of thioether (sulfide) groups is 1. The third-order valence-electron chi connectivity index (χ3n) is 2.18. The Kier molecular flexibility index (Phi) is 6.17. The first-order valence-corrected chi connectivity index (χ1v) is 6.49. The lowest BCUT2D eigenvalue weighted by Gasteiger charge is -2.07. The number of carbonyl (C=O) groups is 1. The summed E-state index contributed by atoms with van der Waals surface area (Å²) in [5.41, 5.74) is -3.85. The highest BCUT2D eigenvalue weighted by molar-refractivity contribution is 8.00. The number of unbranched alkanes of at least 4 members (excludes halogenated alkanes) is 1. The van der Waals surface area contributed by atoms with Crippen LogP contribution >= 0.6 is 11.8 Å². The number of aliphatic hydroxyl groups excluding tert-OH is 1. The van der Waals surface area contributed by atoms with Gasteiger partial charge in [-0.1, -0.05) is 0 Å². The zero-order valence-corrected chi connectivity index (χ0v) is 10.9. The van der Waals surface area contributed by atoms with Crippen molar-refractivity contribution >= 4 is 23.4 Å². The number of alkyl halides is 3. The van der Waals surface area contributed by atoms with Crippen molar-refractivity contribution in [1.82, 2.24) is 0 Å². The average molecular weight is 293 g/mol. The minimum atomic E-state index is -4.31. The summed E-state index contributed by atoms with van der Waals surface area (Å²) < 4.78 is 36.3. The molecule has 0 heterocycles. The van der Waals surface area contributed by atoms with Crippen LogP contribution in [0, 0.1) is 0 Å². The van der Waals surface area contributed by atoms with Crippen molar-refractivity contribution < 1.29 is 23.1 Å². The van der Waals surface area contributed by atoms with Gasteiger partial charge in [-0.25, -0.2) is 0 Å². The summed E-state index contributed by atoms with van der Waals surface area (Å²) in [7, 11) is 0. The fourth-order valence-corrected chi connectivity index (χ4v) is 1.90. The third-order valence-corrected chi connectivity index (χ3v) is 2.92. The summed E-state index contributed by atoms with van der Waals surface area (Å²) in [5.74, 6) is -0.218. The number of halogens is 3. The molecular formula is C12H14F3NO2S. The van der Waals surface area contributed by atoms with Crippen LogP contribution in [0.15, 0.2) is 29.2 Å². The molecule has 3 nitrogen and oxygen atoms in total. The smallest absolute Gasteiger partial charge is 0.396 e. The maximum absolute atomic E-state index is 12.1. The number of aliphatic hydroxyl groups is 1. The van der Waals surface area contributed by atoms with Gasteiger partial charge in [-0.05, 0) is 48.9 Å². The predicted octanol–water partition coefficient (Wildman–Crippen LogP) is 3.40. The summed E-state index contributed by atoms with van der Waals surface area (Å²) in [4.78, 5) is 11.5. The molecule has 0 aliphatic heterocycles. The Labute approximate surface area is 113 Å². The molecule has 0 bridgehead atoms. The molecule has 106 valence electrons. The van der Waals surface area contributed by atoms with Crippen molar-refractivity contribution in [2.24, 2.45) is 0 Å². The van der Waals surface area contributed by atoms with Crippen molar-refractivity contribution in [1.29, 1.82) is 0 Å². The van der Waals surface area contributed by atoms with Crippen LogP contribution in [0.1, 0.15) is 19.3 Å². The number of anilines is 1. The van der Waals surface area contributed by atoms with E-state index in [-0.39, 0.29) is 35.6 Å². The first-order valence-electron chi connectivity index (χ1n) is 5.67. The first-order chi connectivity index (χ1) is 8.90. The molecule has 0 aliphatic rings. The molecule has 1 amide bonds. The molecule has 1 aromatic carbocycles. The monoisotopic (exact) mass is 293 g/mol. The summed E-state index contributed by atoms with van der Waals surface area (Å²) in [5, 5.41) is 11.1. The molecule has 0 spiro atoms. The molecule has 2 N–H and O–H groups in total. The van der Waals surface area contributed by atoms with Gasteiger partial charge >= 0.3 is 5.51 Å². The van der Waals surface area contributed by atoms with E-state index >= 15 is 0 Å². The van der Waals surface area contributed by atoms with Crippen LogP contribution in [-0.4, -0.2) is 23.1 Å². The summed E-state index contributed by atoms with van der Waals surface area (Å²) in [6.07, 6.45) is 1.40. The van der Waals surface area contributed by atoms with Crippen molar-refractivity contribution in [3.05, 3.63) is 24.3 Å². The largest absolute Gasteiger partial charge is 0.446 e. The van der Waals surface area contributed by atoms with E-state index in [0.717, 1.165) is 0 Å². The second-order valence-corrected chi connectivity index (χ2v) is 4.94. The number of hydrogen-bond acceptors (Lipinski definition) is 3. The van der Waals surface area contributed by atoms with E-state index in [1.807, 2.05) is 0 Å². The van der Waals surface area contributed by atoms with Crippen LogP contribution in [0.2, 0.25) is 0 Å². The molecule has 0 saturated carbocycles. The van der Waals surface area contributed by atoms with Crippen molar-refractivity contribution in [2.75, 3.05) is 11.9 Å². The second kappa shape index (κ2) is 7.40. The van der Waals surface area contributed by atoms with Gasteiger partial charge in [-0.15, -0.1) is 0 Å². The fraction of sp³-hybridized carbons (Fsp3) is 0.417. The van der Waals surface area contributed by atoms with Crippen molar-refractivity contribution in [2.45, 2.75) is 29.7 Å². The van der Waals surface area contributed by atoms with Gasteiger partial charge in [0.05, 0.1) is 0 Å². The van der Waals surface area contributed by atoms with Crippen LogP contribution < -0.4 is 5.32 Å². The highest BCUT2D eigenvalue weighted by atomic mass is 32.2. The highest BCUT2D eigenvalue weighted by Crippen LogP contribution is 2.36. The van der Waals surface area contributed by atoms with Gasteiger partial charge in [0.2, 0.25) is 5.91 Å². The lowest BCUT2D eigenvalue weighted by Crippen LogP contribution is -2.11. The number of carbonyl (C=O) groups excluding carboxylic acids is 1. The molecule has 7 heteroatoms. The maximum Gasteiger partial charge on any atom is 0.446 e. The Morgan fingerprint density at radius 1 is 1.21 bits per heavy atom. The van der Waals surface area contributed by atoms with Crippen LogP contribution in [0.25, 0.3) is 0 Å². The lowest BCUT2D eigenvalue weighted by molar-refractivity contribution is -0.116. The van der Waals surface area contributed by atoms with E-state index in [1.54, 1.807) is 0 Å². The van der Waals surface area contributed by atoms with E-state index in [1.165, 1.54) is 24.3 Å². The number of hydrogen-bond donors (Lipinski definition) is 2. The van der Waals surface area contributed by atoms with Gasteiger partial charge in [0.1, 0.15) is 0 Å². The van der Waals surface area contributed by atoms with Gasteiger partial charge < -0.3 is 10.4 Å². The molecule has 1 rings (SSSR count). The minimum absolute atomic E-state index is 0.0383. The van der Waals surface area contributed by atoms with E-state index < -0.39 is 5.51 Å². The minimum Gasteiger partial charge on any atom is -0.396 e. The second-order valence-electron chi connectivity index (χ2n) is 3.80. The standard InChI is InChI=1S/C12H14F3NO2S/c13-12(14,15)19-10-6-4-9(5-7-10)16-11(18)3-1-2-8-17/h4-7,17H,1-3,8H2,(H,16,18). The molecule has 0 aliphatic carbocycles. The Morgan fingerprint density at radius 3 is 2.37 bits per heavy atom. The normalized spacial score (nSPS) is 11.4. The third kappa shape index (κ3) is 7.07. The van der Waals surface area contributed by atoms with E-state index in [2.05, 4.69) is 5.32 Å². The van der Waals surface area contributed by atoms with Crippen LogP contribution in [0.4, 0.5) is 18.9 Å². The fourth-order valence-electron chi connectivity index (χ4n) is 1.36. The van der Waals surface area contributed by atoms with E-state index in [4.69, 9.17) is 5.11 Å². The van der Waals surface area contributed by atoms with Crippen LogP contribution in [0.3, 0.4) is 0 Å². The maximum atomic E-state index is 12.1. The Balaban J connectivity index is 2.46. The molecule has 1 aromatic rings. The van der Waals surface area contributed by atoms with E-state index in [0.29, 0.717) is 18.5 Å². The molecule has 0 fully saturated rings. The number of amides is 1. The Morgan fingerprint density at radius 2 is 1.84 bits per heavy atom. The predicted molar refractivity (Wildman–Crippen MR) is 67.9 cm³/mol. The number of rotatable bonds is 6. The number of nitrogens with one attached hydrogen (secondary N) is 1. The first kappa shape index (κ1) is 15.8. The van der Waals surface area contributed by atoms with Gasteiger partial charge in [0.25, 0.3) is 0 Å². The molecule has 0 atom stereocenters. The van der Waals surface area contributed by atoms with Gasteiger partial charge in [0.15, 0.2) is 0 Å². The van der Waals surface area contributed by atoms with Gasteiger partial charge in [0, 0.05) is 23.6 Å². The average Bonchev–Trinajstić information content (AvgIpc) is 2.30. The molecule has 0 unspecified atom stereocenters. The highest BCUT2D eigenvalue weighted by Gasteiger charge is 2.28. The molecular weight excluding hydrogens is 279 g/mol.